The lowest BCUT2D eigenvalue weighted by Gasteiger charge is -2.00. The van der Waals surface area contributed by atoms with E-state index in [9.17, 15) is 4.79 Å². The minimum absolute atomic E-state index is 0.305. The van der Waals surface area contributed by atoms with E-state index in [1.807, 2.05) is 5.53 Å². The van der Waals surface area contributed by atoms with Crippen molar-refractivity contribution in [1.82, 2.24) is 15.9 Å². The standard InChI is InChI=1S/C6H8N4O/c7-10-9-6(11)5-2-1-3-8-4-5/h1-4,10H,7H2,(H,9,11). The number of hydrogen-bond donors (Lipinski definition) is 3. The van der Waals surface area contributed by atoms with Gasteiger partial charge in [-0.3, -0.25) is 21.0 Å². The Morgan fingerprint density at radius 1 is 1.64 bits per heavy atom. The number of aromatic nitrogens is 1. The van der Waals surface area contributed by atoms with Gasteiger partial charge in [0.25, 0.3) is 5.91 Å². The maximum absolute atomic E-state index is 11.0. The van der Waals surface area contributed by atoms with Gasteiger partial charge in [0.1, 0.15) is 0 Å². The Hall–Kier alpha value is -1.46. The van der Waals surface area contributed by atoms with Crippen LogP contribution < -0.4 is 16.8 Å². The van der Waals surface area contributed by atoms with Crippen molar-refractivity contribution in [3.63, 3.8) is 0 Å². The highest BCUT2D eigenvalue weighted by atomic mass is 16.2. The van der Waals surface area contributed by atoms with E-state index in [-0.39, 0.29) is 5.91 Å². The highest BCUT2D eigenvalue weighted by molar-refractivity contribution is 5.93. The fourth-order valence-electron chi connectivity index (χ4n) is 0.635. The van der Waals surface area contributed by atoms with Crippen molar-refractivity contribution in [3.8, 4) is 0 Å². The van der Waals surface area contributed by atoms with Gasteiger partial charge in [0.15, 0.2) is 0 Å². The largest absolute Gasteiger partial charge is 0.274 e. The predicted octanol–water partition coefficient (Wildman–Crippen LogP) is -0.810. The molecule has 0 aliphatic rings. The zero-order valence-corrected chi connectivity index (χ0v) is 5.74. The molecule has 0 aromatic carbocycles. The van der Waals surface area contributed by atoms with Crippen molar-refractivity contribution in [3.05, 3.63) is 30.1 Å². The van der Waals surface area contributed by atoms with Gasteiger partial charge in [-0.15, -0.1) is 0 Å². The van der Waals surface area contributed by atoms with Crippen LogP contribution in [0.4, 0.5) is 0 Å². The number of amides is 1. The highest BCUT2D eigenvalue weighted by Crippen LogP contribution is 1.92. The number of nitrogens with one attached hydrogen (secondary N) is 2. The zero-order chi connectivity index (χ0) is 8.10. The highest BCUT2D eigenvalue weighted by Gasteiger charge is 2.01. The Bertz CT molecular complexity index is 236. The van der Waals surface area contributed by atoms with Crippen molar-refractivity contribution in [2.45, 2.75) is 0 Å². The first-order chi connectivity index (χ1) is 5.34. The van der Waals surface area contributed by atoms with Crippen molar-refractivity contribution in [1.29, 1.82) is 0 Å². The van der Waals surface area contributed by atoms with Crippen LogP contribution in [-0.2, 0) is 0 Å². The SMILES string of the molecule is NNNC(=O)c1cccnc1. The number of carbonyl (C=O) groups is 1. The first-order valence-corrected chi connectivity index (χ1v) is 3.00. The lowest BCUT2D eigenvalue weighted by molar-refractivity contribution is 0.0933. The van der Waals surface area contributed by atoms with E-state index in [0.29, 0.717) is 5.56 Å². The maximum Gasteiger partial charge on any atom is 0.268 e. The molecule has 0 unspecified atom stereocenters. The van der Waals surface area contributed by atoms with Crippen molar-refractivity contribution in [2.24, 2.45) is 5.84 Å². The van der Waals surface area contributed by atoms with Gasteiger partial charge in [0, 0.05) is 12.4 Å². The fourth-order valence-corrected chi connectivity index (χ4v) is 0.635. The van der Waals surface area contributed by atoms with Gasteiger partial charge in [-0.05, 0) is 12.1 Å². The van der Waals surface area contributed by atoms with Crippen LogP contribution in [0.25, 0.3) is 0 Å². The van der Waals surface area contributed by atoms with E-state index < -0.39 is 0 Å². The first-order valence-electron chi connectivity index (χ1n) is 3.00. The van der Waals surface area contributed by atoms with Crippen LogP contribution in [0.2, 0.25) is 0 Å². The lowest BCUT2D eigenvalue weighted by atomic mass is 10.3. The number of rotatable bonds is 2. The monoisotopic (exact) mass is 152 g/mol. The smallest absolute Gasteiger partial charge is 0.268 e. The molecule has 5 heteroatoms. The molecule has 0 atom stereocenters. The maximum atomic E-state index is 11.0. The molecule has 0 saturated heterocycles. The van der Waals surface area contributed by atoms with Gasteiger partial charge < -0.3 is 0 Å². The Morgan fingerprint density at radius 3 is 3.00 bits per heavy atom. The summed E-state index contributed by atoms with van der Waals surface area (Å²) in [7, 11) is 0. The summed E-state index contributed by atoms with van der Waals surface area (Å²) in [5, 5.41) is 0. The van der Waals surface area contributed by atoms with Crippen LogP contribution in [-0.4, -0.2) is 10.9 Å². The van der Waals surface area contributed by atoms with E-state index in [2.05, 4.69) is 10.4 Å². The quantitative estimate of drug-likeness (QED) is 0.382. The van der Waals surface area contributed by atoms with Crippen LogP contribution in [0, 0.1) is 0 Å². The number of nitrogens with two attached hydrogens (primary N) is 1. The summed E-state index contributed by atoms with van der Waals surface area (Å²) in [4.78, 5) is 14.7. The van der Waals surface area contributed by atoms with Gasteiger partial charge in [-0.25, -0.2) is 0 Å². The molecule has 0 radical (unpaired) electrons. The third kappa shape index (κ3) is 1.99. The second-order valence-electron chi connectivity index (χ2n) is 1.84. The van der Waals surface area contributed by atoms with Crippen molar-refractivity contribution >= 4 is 5.91 Å². The molecule has 0 aliphatic carbocycles. The molecule has 11 heavy (non-hydrogen) atoms. The normalized spacial score (nSPS) is 9.18. The molecule has 1 aromatic rings. The minimum Gasteiger partial charge on any atom is -0.274 e. The molecule has 0 aliphatic heterocycles. The summed E-state index contributed by atoms with van der Waals surface area (Å²) in [5.41, 5.74) is 4.71. The summed E-state index contributed by atoms with van der Waals surface area (Å²) >= 11 is 0. The van der Waals surface area contributed by atoms with Crippen LogP contribution in [0.15, 0.2) is 24.5 Å². The number of pyridine rings is 1. The molecular weight excluding hydrogens is 144 g/mol. The van der Waals surface area contributed by atoms with Gasteiger partial charge in [0.05, 0.1) is 5.56 Å². The molecule has 0 spiro atoms. The van der Waals surface area contributed by atoms with Crippen LogP contribution in [0.3, 0.4) is 0 Å². The minimum atomic E-state index is -0.305. The fraction of sp³-hybridized carbons (Fsp3) is 0. The van der Waals surface area contributed by atoms with E-state index in [1.165, 1.54) is 6.20 Å². The third-order valence-electron chi connectivity index (χ3n) is 1.11. The summed E-state index contributed by atoms with van der Waals surface area (Å²) in [6.07, 6.45) is 3.04. The summed E-state index contributed by atoms with van der Waals surface area (Å²) in [6.45, 7) is 0. The Balaban J connectivity index is 2.69. The number of carbonyl (C=O) groups excluding carboxylic acids is 1. The molecule has 1 amide bonds. The van der Waals surface area contributed by atoms with Crippen LogP contribution in [0.1, 0.15) is 10.4 Å². The molecule has 58 valence electrons. The first kappa shape index (κ1) is 7.64. The number of nitrogens with zero attached hydrogens (tertiary/aromatic N) is 1. The summed E-state index contributed by atoms with van der Waals surface area (Å²) < 4.78 is 0. The second-order valence-corrected chi connectivity index (χ2v) is 1.84. The van der Waals surface area contributed by atoms with Crippen LogP contribution >= 0.6 is 0 Å². The van der Waals surface area contributed by atoms with Crippen LogP contribution in [0.5, 0.6) is 0 Å². The van der Waals surface area contributed by atoms with Crippen molar-refractivity contribution in [2.75, 3.05) is 0 Å². The average Bonchev–Trinajstić information content (AvgIpc) is 2.07. The van der Waals surface area contributed by atoms with E-state index in [0.717, 1.165) is 0 Å². The molecule has 1 aromatic heterocycles. The van der Waals surface area contributed by atoms with Gasteiger partial charge in [0.2, 0.25) is 0 Å². The third-order valence-corrected chi connectivity index (χ3v) is 1.11. The molecule has 1 heterocycles. The van der Waals surface area contributed by atoms with Gasteiger partial charge in [-0.2, -0.15) is 5.53 Å². The van der Waals surface area contributed by atoms with Gasteiger partial charge in [-0.1, -0.05) is 0 Å². The zero-order valence-electron chi connectivity index (χ0n) is 5.74. The summed E-state index contributed by atoms with van der Waals surface area (Å²) in [6, 6.07) is 3.31. The van der Waals surface area contributed by atoms with Crippen molar-refractivity contribution < 1.29 is 4.79 Å². The Morgan fingerprint density at radius 2 is 2.45 bits per heavy atom. The number of hydrogen-bond acceptors (Lipinski definition) is 4. The molecule has 5 nitrogen and oxygen atoms in total. The van der Waals surface area contributed by atoms with Gasteiger partial charge >= 0.3 is 0 Å². The molecular formula is C6H8N4O. The molecule has 1 rings (SSSR count). The Kier molecular flexibility index (Phi) is 2.53. The van der Waals surface area contributed by atoms with E-state index >= 15 is 0 Å². The molecule has 0 saturated carbocycles. The second kappa shape index (κ2) is 3.65. The average molecular weight is 152 g/mol. The molecule has 4 N–H and O–H groups in total. The predicted molar refractivity (Wildman–Crippen MR) is 39.0 cm³/mol. The molecule has 0 bridgehead atoms. The van der Waals surface area contributed by atoms with E-state index in [1.54, 1.807) is 18.3 Å². The Labute approximate surface area is 63.6 Å². The lowest BCUT2D eigenvalue weighted by Crippen LogP contribution is -2.42. The molecule has 0 fully saturated rings. The topological polar surface area (TPSA) is 80.0 Å². The number of hydrazine groups is 2. The summed E-state index contributed by atoms with van der Waals surface area (Å²) in [5.74, 6) is 4.56. The van der Waals surface area contributed by atoms with E-state index in [4.69, 9.17) is 5.84 Å².